The lowest BCUT2D eigenvalue weighted by Gasteiger charge is -2.24. The van der Waals surface area contributed by atoms with E-state index < -0.39 is 0 Å². The van der Waals surface area contributed by atoms with Crippen LogP contribution in [0.15, 0.2) is 4.52 Å². The van der Waals surface area contributed by atoms with Gasteiger partial charge in [0, 0.05) is 25.6 Å². The summed E-state index contributed by atoms with van der Waals surface area (Å²) in [5.41, 5.74) is 0. The summed E-state index contributed by atoms with van der Waals surface area (Å²) in [6.45, 7) is 7.57. The van der Waals surface area contributed by atoms with E-state index in [4.69, 9.17) is 9.26 Å². The van der Waals surface area contributed by atoms with Crippen LogP contribution in [0.3, 0.4) is 0 Å². The summed E-state index contributed by atoms with van der Waals surface area (Å²) in [6.07, 6.45) is 1.89. The molecular weight excluding hydrogens is 244 g/mol. The van der Waals surface area contributed by atoms with Crippen LogP contribution in [0.5, 0.6) is 0 Å². The summed E-state index contributed by atoms with van der Waals surface area (Å²) in [6, 6.07) is 0.387. The SMILES string of the molecule is CNC(Cc1nc(N2CCOCC2)no1)CC(C)C. The highest BCUT2D eigenvalue weighted by molar-refractivity contribution is 5.28. The van der Waals surface area contributed by atoms with E-state index in [-0.39, 0.29) is 0 Å². The number of morpholine rings is 1. The Morgan fingerprint density at radius 3 is 2.68 bits per heavy atom. The molecule has 0 bridgehead atoms. The molecule has 1 fully saturated rings. The number of likely N-dealkylation sites (N-methyl/N-ethyl adjacent to an activating group) is 1. The maximum Gasteiger partial charge on any atom is 0.266 e. The van der Waals surface area contributed by atoms with Crippen molar-refractivity contribution in [1.29, 1.82) is 0 Å². The van der Waals surface area contributed by atoms with Crippen molar-refractivity contribution in [1.82, 2.24) is 15.5 Å². The van der Waals surface area contributed by atoms with Gasteiger partial charge in [-0.3, -0.25) is 0 Å². The lowest BCUT2D eigenvalue weighted by Crippen LogP contribution is -2.37. The first-order valence-corrected chi connectivity index (χ1v) is 7.01. The minimum Gasteiger partial charge on any atom is -0.378 e. The monoisotopic (exact) mass is 268 g/mol. The standard InChI is InChI=1S/C13H24N4O2/c1-10(2)8-11(14-3)9-12-15-13(16-19-12)17-4-6-18-7-5-17/h10-11,14H,4-9H2,1-3H3. The first kappa shape index (κ1) is 14.3. The summed E-state index contributed by atoms with van der Waals surface area (Å²) in [5, 5.41) is 7.37. The van der Waals surface area contributed by atoms with Crippen molar-refractivity contribution in [3.05, 3.63) is 5.89 Å². The molecule has 1 aromatic heterocycles. The normalized spacial score (nSPS) is 18.0. The Labute approximate surface area is 114 Å². The number of nitrogens with zero attached hydrogens (tertiary/aromatic N) is 3. The van der Waals surface area contributed by atoms with E-state index in [1.807, 2.05) is 7.05 Å². The van der Waals surface area contributed by atoms with Crippen LogP contribution in [0.4, 0.5) is 5.95 Å². The second kappa shape index (κ2) is 6.86. The number of rotatable bonds is 6. The average Bonchev–Trinajstić information content (AvgIpc) is 2.87. The molecule has 19 heavy (non-hydrogen) atoms. The van der Waals surface area contributed by atoms with Crippen LogP contribution < -0.4 is 10.2 Å². The molecule has 1 N–H and O–H groups in total. The zero-order chi connectivity index (χ0) is 13.7. The highest BCUT2D eigenvalue weighted by Crippen LogP contribution is 2.14. The molecule has 1 aliphatic heterocycles. The van der Waals surface area contributed by atoms with Gasteiger partial charge in [-0.15, -0.1) is 0 Å². The average molecular weight is 268 g/mol. The number of hydrogen-bond acceptors (Lipinski definition) is 6. The van der Waals surface area contributed by atoms with E-state index in [9.17, 15) is 0 Å². The lowest BCUT2D eigenvalue weighted by atomic mass is 10.0. The minimum atomic E-state index is 0.387. The number of nitrogens with one attached hydrogen (secondary N) is 1. The molecule has 1 aliphatic rings. The number of hydrogen-bond donors (Lipinski definition) is 1. The molecule has 0 amide bonds. The maximum atomic E-state index is 5.35. The van der Waals surface area contributed by atoms with E-state index in [2.05, 4.69) is 34.2 Å². The van der Waals surface area contributed by atoms with E-state index in [0.717, 1.165) is 39.1 Å². The summed E-state index contributed by atoms with van der Waals surface area (Å²) in [5.74, 6) is 2.05. The Hall–Kier alpha value is -1.14. The van der Waals surface area contributed by atoms with Crippen molar-refractivity contribution in [3.63, 3.8) is 0 Å². The smallest absolute Gasteiger partial charge is 0.266 e. The Morgan fingerprint density at radius 2 is 2.05 bits per heavy atom. The molecule has 1 unspecified atom stereocenters. The van der Waals surface area contributed by atoms with E-state index in [0.29, 0.717) is 23.8 Å². The zero-order valence-corrected chi connectivity index (χ0v) is 12.1. The van der Waals surface area contributed by atoms with Gasteiger partial charge in [0.25, 0.3) is 5.95 Å². The van der Waals surface area contributed by atoms with Gasteiger partial charge in [0.2, 0.25) is 5.89 Å². The molecule has 0 spiro atoms. The molecule has 2 rings (SSSR count). The fraction of sp³-hybridized carbons (Fsp3) is 0.846. The molecule has 108 valence electrons. The van der Waals surface area contributed by atoms with Gasteiger partial charge in [-0.25, -0.2) is 0 Å². The quantitative estimate of drug-likeness (QED) is 0.833. The van der Waals surface area contributed by atoms with Crippen LogP contribution in [0, 0.1) is 5.92 Å². The second-order valence-corrected chi connectivity index (χ2v) is 5.41. The van der Waals surface area contributed by atoms with Crippen molar-refractivity contribution in [2.75, 3.05) is 38.3 Å². The van der Waals surface area contributed by atoms with Crippen molar-refractivity contribution >= 4 is 5.95 Å². The summed E-state index contributed by atoms with van der Waals surface area (Å²) in [7, 11) is 1.98. The Morgan fingerprint density at radius 1 is 1.32 bits per heavy atom. The third kappa shape index (κ3) is 4.18. The Bertz CT molecular complexity index is 374. The fourth-order valence-corrected chi connectivity index (χ4v) is 2.30. The third-order valence-corrected chi connectivity index (χ3v) is 3.34. The zero-order valence-electron chi connectivity index (χ0n) is 12.1. The molecular formula is C13H24N4O2. The number of anilines is 1. The molecule has 0 aromatic carbocycles. The van der Waals surface area contributed by atoms with E-state index in [1.165, 1.54) is 0 Å². The first-order valence-electron chi connectivity index (χ1n) is 7.01. The van der Waals surface area contributed by atoms with Gasteiger partial charge in [-0.1, -0.05) is 13.8 Å². The van der Waals surface area contributed by atoms with Crippen molar-refractivity contribution in [3.8, 4) is 0 Å². The molecule has 0 aliphatic carbocycles. The first-order chi connectivity index (χ1) is 9.19. The maximum absolute atomic E-state index is 5.35. The molecule has 6 nitrogen and oxygen atoms in total. The third-order valence-electron chi connectivity index (χ3n) is 3.34. The van der Waals surface area contributed by atoms with E-state index >= 15 is 0 Å². The van der Waals surface area contributed by atoms with Gasteiger partial charge in [-0.05, 0) is 24.5 Å². The summed E-state index contributed by atoms with van der Waals surface area (Å²) in [4.78, 5) is 6.59. The molecule has 1 aromatic rings. The largest absolute Gasteiger partial charge is 0.378 e. The van der Waals surface area contributed by atoms with Crippen LogP contribution in [-0.4, -0.2) is 49.5 Å². The Kier molecular flexibility index (Phi) is 5.15. The van der Waals surface area contributed by atoms with Gasteiger partial charge in [0.15, 0.2) is 0 Å². The second-order valence-electron chi connectivity index (χ2n) is 5.41. The highest BCUT2D eigenvalue weighted by atomic mass is 16.5. The predicted octanol–water partition coefficient (Wildman–Crippen LogP) is 1.08. The highest BCUT2D eigenvalue weighted by Gasteiger charge is 2.19. The van der Waals surface area contributed by atoms with Crippen molar-refractivity contribution in [2.24, 2.45) is 5.92 Å². The topological polar surface area (TPSA) is 63.4 Å². The minimum absolute atomic E-state index is 0.387. The van der Waals surface area contributed by atoms with Gasteiger partial charge >= 0.3 is 0 Å². The van der Waals surface area contributed by atoms with Crippen LogP contribution in [0.2, 0.25) is 0 Å². The summed E-state index contributed by atoms with van der Waals surface area (Å²) >= 11 is 0. The Balaban J connectivity index is 1.92. The molecule has 6 heteroatoms. The molecule has 2 heterocycles. The van der Waals surface area contributed by atoms with Gasteiger partial charge in [0.05, 0.1) is 13.2 Å². The van der Waals surface area contributed by atoms with Gasteiger partial charge in [0.1, 0.15) is 0 Å². The number of ether oxygens (including phenoxy) is 1. The molecule has 1 saturated heterocycles. The fourth-order valence-electron chi connectivity index (χ4n) is 2.30. The number of aromatic nitrogens is 2. The van der Waals surface area contributed by atoms with Crippen LogP contribution in [-0.2, 0) is 11.2 Å². The molecule has 0 saturated carbocycles. The van der Waals surface area contributed by atoms with E-state index in [1.54, 1.807) is 0 Å². The molecule has 1 atom stereocenters. The van der Waals surface area contributed by atoms with Crippen molar-refractivity contribution < 1.29 is 9.26 Å². The van der Waals surface area contributed by atoms with Crippen LogP contribution in [0.1, 0.15) is 26.2 Å². The van der Waals surface area contributed by atoms with Crippen LogP contribution in [0.25, 0.3) is 0 Å². The lowest BCUT2D eigenvalue weighted by molar-refractivity contribution is 0.121. The predicted molar refractivity (Wildman–Crippen MR) is 73.3 cm³/mol. The van der Waals surface area contributed by atoms with Crippen molar-refractivity contribution in [2.45, 2.75) is 32.7 Å². The van der Waals surface area contributed by atoms with Gasteiger partial charge < -0.3 is 19.5 Å². The van der Waals surface area contributed by atoms with Gasteiger partial charge in [-0.2, -0.15) is 4.98 Å². The summed E-state index contributed by atoms with van der Waals surface area (Å²) < 4.78 is 10.7. The molecule has 0 radical (unpaired) electrons. The van der Waals surface area contributed by atoms with Crippen LogP contribution >= 0.6 is 0 Å².